The highest BCUT2D eigenvalue weighted by atomic mass is 19.1. The lowest BCUT2D eigenvalue weighted by atomic mass is 9.92. The van der Waals surface area contributed by atoms with Gasteiger partial charge in [-0.3, -0.25) is 4.79 Å². The third-order valence-corrected chi connectivity index (χ3v) is 3.84. The van der Waals surface area contributed by atoms with E-state index in [2.05, 4.69) is 0 Å². The highest BCUT2D eigenvalue weighted by molar-refractivity contribution is 5.94. The predicted octanol–water partition coefficient (Wildman–Crippen LogP) is 2.33. The standard InChI is InChI=1S/C15H21FN2O/c1-10-5-6-13(14(16)8-10)15(19)18-7-3-4-12(9-18)11(2)17/h5-6,8,11-12H,3-4,7,9,17H2,1-2H3/t11-,12+/m0/s1. The molecule has 19 heavy (non-hydrogen) atoms. The first kappa shape index (κ1) is 14.0. The van der Waals surface area contributed by atoms with E-state index < -0.39 is 5.82 Å². The van der Waals surface area contributed by atoms with Crippen molar-refractivity contribution in [1.82, 2.24) is 4.90 Å². The Balaban J connectivity index is 2.15. The Morgan fingerprint density at radius 2 is 2.26 bits per heavy atom. The molecule has 1 aliphatic heterocycles. The van der Waals surface area contributed by atoms with Crippen molar-refractivity contribution < 1.29 is 9.18 Å². The maximum absolute atomic E-state index is 13.8. The number of halogens is 1. The van der Waals surface area contributed by atoms with Gasteiger partial charge in [0.05, 0.1) is 5.56 Å². The normalized spacial score (nSPS) is 21.3. The lowest BCUT2D eigenvalue weighted by Gasteiger charge is -2.34. The molecular weight excluding hydrogens is 243 g/mol. The van der Waals surface area contributed by atoms with Crippen LogP contribution in [0.1, 0.15) is 35.7 Å². The molecule has 0 bridgehead atoms. The molecule has 1 aromatic carbocycles. The number of hydrogen-bond donors (Lipinski definition) is 1. The van der Waals surface area contributed by atoms with E-state index in [9.17, 15) is 9.18 Å². The van der Waals surface area contributed by atoms with E-state index in [-0.39, 0.29) is 17.5 Å². The minimum absolute atomic E-state index is 0.0680. The molecule has 1 saturated heterocycles. The summed E-state index contributed by atoms with van der Waals surface area (Å²) in [5, 5.41) is 0. The maximum Gasteiger partial charge on any atom is 0.256 e. The van der Waals surface area contributed by atoms with E-state index in [0.717, 1.165) is 18.4 Å². The number of hydrogen-bond acceptors (Lipinski definition) is 2. The molecule has 0 unspecified atom stereocenters. The molecule has 1 aromatic rings. The van der Waals surface area contributed by atoms with Gasteiger partial charge in [-0.25, -0.2) is 4.39 Å². The summed E-state index contributed by atoms with van der Waals surface area (Å²) in [7, 11) is 0. The van der Waals surface area contributed by atoms with Gasteiger partial charge in [-0.2, -0.15) is 0 Å². The zero-order chi connectivity index (χ0) is 14.0. The van der Waals surface area contributed by atoms with Crippen molar-refractivity contribution >= 4 is 5.91 Å². The van der Waals surface area contributed by atoms with Gasteiger partial charge in [-0.15, -0.1) is 0 Å². The molecule has 1 amide bonds. The van der Waals surface area contributed by atoms with Crippen LogP contribution in [0.2, 0.25) is 0 Å². The van der Waals surface area contributed by atoms with Crippen LogP contribution in [0.5, 0.6) is 0 Å². The average Bonchev–Trinajstić information content (AvgIpc) is 2.38. The minimum atomic E-state index is -0.437. The Bertz CT molecular complexity index is 473. The van der Waals surface area contributed by atoms with E-state index in [0.29, 0.717) is 19.0 Å². The van der Waals surface area contributed by atoms with Gasteiger partial charge in [0.2, 0.25) is 0 Å². The van der Waals surface area contributed by atoms with Crippen LogP contribution in [-0.2, 0) is 0 Å². The summed E-state index contributed by atoms with van der Waals surface area (Å²) in [4.78, 5) is 14.1. The van der Waals surface area contributed by atoms with Crippen LogP contribution in [0.4, 0.5) is 4.39 Å². The van der Waals surface area contributed by atoms with Gasteiger partial charge in [-0.1, -0.05) is 6.07 Å². The number of likely N-dealkylation sites (tertiary alicyclic amines) is 1. The van der Waals surface area contributed by atoms with Crippen molar-refractivity contribution in [2.24, 2.45) is 11.7 Å². The zero-order valence-electron chi connectivity index (χ0n) is 11.5. The van der Waals surface area contributed by atoms with Gasteiger partial charge in [0.1, 0.15) is 5.82 Å². The van der Waals surface area contributed by atoms with E-state index in [1.807, 2.05) is 13.8 Å². The summed E-state index contributed by atoms with van der Waals surface area (Å²) in [6, 6.07) is 4.81. The first-order valence-corrected chi connectivity index (χ1v) is 6.80. The zero-order valence-corrected chi connectivity index (χ0v) is 11.5. The van der Waals surface area contributed by atoms with Crippen LogP contribution in [0.3, 0.4) is 0 Å². The second-order valence-corrected chi connectivity index (χ2v) is 5.50. The number of piperidine rings is 1. The monoisotopic (exact) mass is 264 g/mol. The molecule has 0 aromatic heterocycles. The molecule has 4 heteroatoms. The lowest BCUT2D eigenvalue weighted by molar-refractivity contribution is 0.0656. The van der Waals surface area contributed by atoms with Crippen LogP contribution < -0.4 is 5.73 Å². The minimum Gasteiger partial charge on any atom is -0.338 e. The molecule has 2 rings (SSSR count). The van der Waals surface area contributed by atoms with Gasteiger partial charge in [0, 0.05) is 19.1 Å². The Kier molecular flexibility index (Phi) is 4.20. The van der Waals surface area contributed by atoms with E-state index >= 15 is 0 Å². The first-order valence-electron chi connectivity index (χ1n) is 6.80. The first-order chi connectivity index (χ1) is 8.99. The van der Waals surface area contributed by atoms with Crippen molar-refractivity contribution in [3.05, 3.63) is 35.1 Å². The Hall–Kier alpha value is -1.42. The van der Waals surface area contributed by atoms with Crippen LogP contribution >= 0.6 is 0 Å². The molecule has 1 aliphatic rings. The summed E-state index contributed by atoms with van der Waals surface area (Å²) in [5.74, 6) is -0.345. The molecule has 3 nitrogen and oxygen atoms in total. The topological polar surface area (TPSA) is 46.3 Å². The van der Waals surface area contributed by atoms with E-state index in [4.69, 9.17) is 5.73 Å². The highest BCUT2D eigenvalue weighted by Crippen LogP contribution is 2.21. The summed E-state index contributed by atoms with van der Waals surface area (Å²) >= 11 is 0. The van der Waals surface area contributed by atoms with Crippen LogP contribution in [-0.4, -0.2) is 29.9 Å². The Morgan fingerprint density at radius 1 is 1.53 bits per heavy atom. The SMILES string of the molecule is Cc1ccc(C(=O)N2CCC[C@@H]([C@H](C)N)C2)c(F)c1. The largest absolute Gasteiger partial charge is 0.338 e. The number of carbonyl (C=O) groups excluding carboxylic acids is 1. The highest BCUT2D eigenvalue weighted by Gasteiger charge is 2.27. The number of nitrogens with two attached hydrogens (primary N) is 1. The molecule has 0 radical (unpaired) electrons. The molecule has 1 heterocycles. The Morgan fingerprint density at radius 3 is 2.89 bits per heavy atom. The van der Waals surface area contributed by atoms with Crippen LogP contribution in [0, 0.1) is 18.7 Å². The number of rotatable bonds is 2. The smallest absolute Gasteiger partial charge is 0.256 e. The Labute approximate surface area is 113 Å². The summed E-state index contributed by atoms with van der Waals surface area (Å²) in [6.45, 7) is 5.09. The summed E-state index contributed by atoms with van der Waals surface area (Å²) < 4.78 is 13.8. The van der Waals surface area contributed by atoms with Crippen LogP contribution in [0.25, 0.3) is 0 Å². The fraction of sp³-hybridized carbons (Fsp3) is 0.533. The molecule has 104 valence electrons. The second-order valence-electron chi connectivity index (χ2n) is 5.50. The number of carbonyl (C=O) groups is 1. The molecule has 0 spiro atoms. The summed E-state index contributed by atoms with van der Waals surface area (Å²) in [5.41, 5.74) is 6.89. The number of amides is 1. The third kappa shape index (κ3) is 3.13. The van der Waals surface area contributed by atoms with E-state index in [1.165, 1.54) is 6.07 Å². The predicted molar refractivity (Wildman–Crippen MR) is 73.4 cm³/mol. The van der Waals surface area contributed by atoms with Crippen molar-refractivity contribution in [3.8, 4) is 0 Å². The lowest BCUT2D eigenvalue weighted by Crippen LogP contribution is -2.45. The molecular formula is C15H21FN2O. The number of aryl methyl sites for hydroxylation is 1. The quantitative estimate of drug-likeness (QED) is 0.891. The average molecular weight is 264 g/mol. The number of nitrogens with zero attached hydrogens (tertiary/aromatic N) is 1. The van der Waals surface area contributed by atoms with E-state index in [1.54, 1.807) is 17.0 Å². The fourth-order valence-electron chi connectivity index (χ4n) is 2.59. The van der Waals surface area contributed by atoms with Crippen molar-refractivity contribution in [2.75, 3.05) is 13.1 Å². The van der Waals surface area contributed by atoms with Gasteiger partial charge in [0.15, 0.2) is 0 Å². The fourth-order valence-corrected chi connectivity index (χ4v) is 2.59. The summed E-state index contributed by atoms with van der Waals surface area (Å²) in [6.07, 6.45) is 1.98. The maximum atomic E-state index is 13.8. The molecule has 1 fully saturated rings. The van der Waals surface area contributed by atoms with Gasteiger partial charge in [0.25, 0.3) is 5.91 Å². The van der Waals surface area contributed by atoms with Crippen LogP contribution in [0.15, 0.2) is 18.2 Å². The second kappa shape index (κ2) is 5.70. The van der Waals surface area contributed by atoms with Gasteiger partial charge < -0.3 is 10.6 Å². The van der Waals surface area contributed by atoms with Gasteiger partial charge >= 0.3 is 0 Å². The number of benzene rings is 1. The van der Waals surface area contributed by atoms with Gasteiger partial charge in [-0.05, 0) is 50.3 Å². The van der Waals surface area contributed by atoms with Crippen molar-refractivity contribution in [2.45, 2.75) is 32.7 Å². The molecule has 2 atom stereocenters. The van der Waals surface area contributed by atoms with Crippen molar-refractivity contribution in [3.63, 3.8) is 0 Å². The van der Waals surface area contributed by atoms with Crippen molar-refractivity contribution in [1.29, 1.82) is 0 Å². The molecule has 0 aliphatic carbocycles. The molecule has 2 N–H and O–H groups in total. The third-order valence-electron chi connectivity index (χ3n) is 3.84. The molecule has 0 saturated carbocycles.